The lowest BCUT2D eigenvalue weighted by Crippen LogP contribution is -2.53. The van der Waals surface area contributed by atoms with Crippen LogP contribution in [0.2, 0.25) is 0 Å². The highest BCUT2D eigenvalue weighted by Crippen LogP contribution is 2.37. The molecule has 0 aliphatic heterocycles. The Kier molecular flexibility index (Phi) is 11.7. The minimum absolute atomic E-state index is 0.126. The molecule has 40 heavy (non-hydrogen) atoms. The molecule has 2 fully saturated rings. The van der Waals surface area contributed by atoms with Crippen LogP contribution in [0.15, 0.2) is 30.3 Å². The highest BCUT2D eigenvalue weighted by atomic mass is 16.6. The number of nitrogens with zero attached hydrogens (tertiary/aromatic N) is 1. The number of benzene rings is 1. The van der Waals surface area contributed by atoms with Gasteiger partial charge in [0, 0.05) is 0 Å². The molecular weight excluding hydrogens is 508 g/mol. The van der Waals surface area contributed by atoms with Crippen molar-refractivity contribution in [1.82, 2.24) is 10.4 Å². The Hall–Kier alpha value is -2.77. The topological polar surface area (TPSA) is 94.2 Å². The van der Waals surface area contributed by atoms with Gasteiger partial charge in [0.25, 0.3) is 0 Å². The summed E-state index contributed by atoms with van der Waals surface area (Å²) >= 11 is 0. The van der Waals surface area contributed by atoms with Gasteiger partial charge in [-0.2, -0.15) is 5.01 Å². The summed E-state index contributed by atoms with van der Waals surface area (Å²) in [6.45, 7) is 14.7. The normalized spacial score (nSPS) is 27.5. The maximum atomic E-state index is 13.9. The van der Waals surface area contributed by atoms with E-state index in [-0.39, 0.29) is 30.7 Å². The molecule has 0 heterocycles. The molecule has 1 aromatic rings. The van der Waals surface area contributed by atoms with Crippen molar-refractivity contribution in [2.45, 2.75) is 105 Å². The zero-order valence-corrected chi connectivity index (χ0v) is 25.4. The molecule has 0 unspecified atom stereocenters. The Labute approximate surface area is 240 Å². The van der Waals surface area contributed by atoms with Gasteiger partial charge in [-0.3, -0.25) is 0 Å². The lowest BCUT2D eigenvalue weighted by molar-refractivity contribution is -0.151. The second kappa shape index (κ2) is 14.7. The second-order valence-corrected chi connectivity index (χ2v) is 12.6. The zero-order chi connectivity index (χ0) is 29.4. The largest absolute Gasteiger partial charge is 0.464 e. The van der Waals surface area contributed by atoms with Gasteiger partial charge in [0.05, 0.1) is 6.61 Å². The Morgan fingerprint density at radius 2 is 1.38 bits per heavy atom. The third-order valence-corrected chi connectivity index (χ3v) is 8.73. The van der Waals surface area contributed by atoms with E-state index >= 15 is 0 Å². The van der Waals surface area contributed by atoms with Crippen molar-refractivity contribution < 1.29 is 28.6 Å². The number of nitrogens with one attached hydrogen (secondary N) is 1. The molecule has 7 atom stereocenters. The van der Waals surface area contributed by atoms with E-state index in [1.165, 1.54) is 0 Å². The fourth-order valence-corrected chi connectivity index (χ4v) is 6.41. The lowest BCUT2D eigenvalue weighted by Gasteiger charge is -2.39. The van der Waals surface area contributed by atoms with Crippen LogP contribution in [-0.4, -0.2) is 42.0 Å². The predicted molar refractivity (Wildman–Crippen MR) is 154 cm³/mol. The van der Waals surface area contributed by atoms with Gasteiger partial charge >= 0.3 is 18.2 Å². The van der Waals surface area contributed by atoms with Crippen molar-refractivity contribution in [3.63, 3.8) is 0 Å². The Morgan fingerprint density at radius 1 is 0.850 bits per heavy atom. The molecule has 8 nitrogen and oxygen atoms in total. The Bertz CT molecular complexity index is 967. The maximum Gasteiger partial charge on any atom is 0.430 e. The molecule has 1 N–H and O–H groups in total. The first-order valence-corrected chi connectivity index (χ1v) is 15.2. The standard InChI is InChI=1S/C32H50N2O6/c1-8-38-30(35)29(24-12-10-9-11-13-24)34(32(37)40-28-19-23(7)15-17-26(28)21(4)5)33-31(36)39-27-18-22(6)14-16-25(27)20(2)3/h9-13,20-23,25-29H,8,14-19H2,1-7H3,(H,33,36)/t22-,23-,25+,26+,27-,28-,29+/m0/s1. The van der Waals surface area contributed by atoms with Crippen molar-refractivity contribution in [2.24, 2.45) is 35.5 Å². The lowest BCUT2D eigenvalue weighted by atomic mass is 9.75. The molecule has 0 saturated heterocycles. The Morgan fingerprint density at radius 3 is 1.88 bits per heavy atom. The summed E-state index contributed by atoms with van der Waals surface area (Å²) in [5, 5.41) is 0.975. The van der Waals surface area contributed by atoms with E-state index in [0.717, 1.165) is 43.5 Å². The number of carbonyl (C=O) groups excluding carboxylic acids is 3. The van der Waals surface area contributed by atoms with E-state index < -0.39 is 24.2 Å². The predicted octanol–water partition coefficient (Wildman–Crippen LogP) is 7.29. The van der Waals surface area contributed by atoms with Crippen molar-refractivity contribution in [2.75, 3.05) is 6.61 Å². The van der Waals surface area contributed by atoms with Crippen LogP contribution in [0.3, 0.4) is 0 Å². The summed E-state index contributed by atoms with van der Waals surface area (Å²) in [6, 6.07) is 7.60. The van der Waals surface area contributed by atoms with Crippen molar-refractivity contribution in [3.8, 4) is 0 Å². The average Bonchev–Trinajstić information content (AvgIpc) is 2.88. The molecule has 8 heteroatoms. The van der Waals surface area contributed by atoms with Crippen LogP contribution in [-0.2, 0) is 19.0 Å². The van der Waals surface area contributed by atoms with Gasteiger partial charge in [-0.05, 0) is 73.7 Å². The summed E-state index contributed by atoms with van der Waals surface area (Å²) in [7, 11) is 0. The smallest absolute Gasteiger partial charge is 0.430 e. The monoisotopic (exact) mass is 558 g/mol. The van der Waals surface area contributed by atoms with Gasteiger partial charge in [0.2, 0.25) is 0 Å². The van der Waals surface area contributed by atoms with E-state index in [9.17, 15) is 14.4 Å². The fourth-order valence-electron chi connectivity index (χ4n) is 6.41. The molecule has 1 aromatic carbocycles. The number of hydrazine groups is 1. The van der Waals surface area contributed by atoms with Crippen molar-refractivity contribution in [3.05, 3.63) is 35.9 Å². The molecule has 224 valence electrons. The molecule has 2 amide bonds. The number of hydrogen-bond donors (Lipinski definition) is 1. The third kappa shape index (κ3) is 8.37. The molecule has 3 rings (SSSR count). The van der Waals surface area contributed by atoms with Gasteiger partial charge in [-0.15, -0.1) is 0 Å². The Balaban J connectivity index is 1.91. The van der Waals surface area contributed by atoms with Gasteiger partial charge in [-0.25, -0.2) is 19.8 Å². The van der Waals surface area contributed by atoms with Gasteiger partial charge < -0.3 is 14.2 Å². The third-order valence-electron chi connectivity index (χ3n) is 8.73. The summed E-state index contributed by atoms with van der Waals surface area (Å²) in [4.78, 5) is 40.6. The SMILES string of the molecule is CCOC(=O)[C@@H](c1ccccc1)N(NC(=O)O[C@H]1C[C@@H](C)CC[C@@H]1C(C)C)C(=O)O[C@H]1C[C@@H](C)CC[C@@H]1C(C)C. The zero-order valence-electron chi connectivity index (χ0n) is 25.4. The number of hydrogen-bond acceptors (Lipinski definition) is 6. The summed E-state index contributed by atoms with van der Waals surface area (Å²) in [5.41, 5.74) is 3.12. The first kappa shape index (κ1) is 31.8. The molecule has 2 aliphatic carbocycles. The molecule has 0 radical (unpaired) electrons. The number of amides is 2. The number of esters is 1. The van der Waals surface area contributed by atoms with Crippen LogP contribution >= 0.6 is 0 Å². The minimum atomic E-state index is -1.23. The van der Waals surface area contributed by atoms with Crippen LogP contribution in [0.4, 0.5) is 9.59 Å². The second-order valence-electron chi connectivity index (χ2n) is 12.6. The highest BCUT2D eigenvalue weighted by Gasteiger charge is 2.41. The first-order valence-electron chi connectivity index (χ1n) is 15.2. The van der Waals surface area contributed by atoms with Gasteiger partial charge in [-0.1, -0.05) is 84.7 Å². The fraction of sp³-hybridized carbons (Fsp3) is 0.719. The molecule has 0 spiro atoms. The first-order chi connectivity index (χ1) is 19.0. The minimum Gasteiger partial charge on any atom is -0.464 e. The van der Waals surface area contributed by atoms with E-state index in [2.05, 4.69) is 47.0 Å². The summed E-state index contributed by atoms with van der Waals surface area (Å²) < 4.78 is 17.4. The molecule has 2 aliphatic rings. The van der Waals surface area contributed by atoms with Gasteiger partial charge in [0.1, 0.15) is 12.2 Å². The van der Waals surface area contributed by atoms with Crippen LogP contribution in [0, 0.1) is 35.5 Å². The summed E-state index contributed by atoms with van der Waals surface area (Å²) in [6.07, 6.45) is 3.45. The van der Waals surface area contributed by atoms with Crippen LogP contribution < -0.4 is 5.43 Å². The highest BCUT2D eigenvalue weighted by molar-refractivity contribution is 5.84. The van der Waals surface area contributed by atoms with Crippen molar-refractivity contribution >= 4 is 18.2 Å². The quantitative estimate of drug-likeness (QED) is 0.204. The average molecular weight is 559 g/mol. The molecule has 2 saturated carbocycles. The molecule has 0 bridgehead atoms. The summed E-state index contributed by atoms with van der Waals surface area (Å²) in [5.74, 6) is 1.30. The van der Waals surface area contributed by atoms with E-state index in [1.54, 1.807) is 31.2 Å². The van der Waals surface area contributed by atoms with E-state index in [1.807, 2.05) is 6.07 Å². The van der Waals surface area contributed by atoms with E-state index in [4.69, 9.17) is 14.2 Å². The number of rotatable bonds is 8. The van der Waals surface area contributed by atoms with Crippen LogP contribution in [0.5, 0.6) is 0 Å². The van der Waals surface area contributed by atoms with Crippen LogP contribution in [0.1, 0.15) is 98.6 Å². The van der Waals surface area contributed by atoms with Crippen LogP contribution in [0.25, 0.3) is 0 Å². The van der Waals surface area contributed by atoms with E-state index in [0.29, 0.717) is 29.2 Å². The molecule has 0 aromatic heterocycles. The number of ether oxygens (including phenoxy) is 3. The maximum absolute atomic E-state index is 13.9. The van der Waals surface area contributed by atoms with Crippen molar-refractivity contribution in [1.29, 1.82) is 0 Å². The number of carbonyl (C=O) groups is 3. The molecular formula is C32H50N2O6. The van der Waals surface area contributed by atoms with Gasteiger partial charge in [0.15, 0.2) is 6.04 Å².